The normalized spacial score (nSPS) is 23.6. The van der Waals surface area contributed by atoms with Crippen molar-refractivity contribution in [3.8, 4) is 11.5 Å². The molecule has 5 heteroatoms. The van der Waals surface area contributed by atoms with Gasteiger partial charge in [0.2, 0.25) is 0 Å². The Morgan fingerprint density at radius 2 is 2.04 bits per heavy atom. The van der Waals surface area contributed by atoms with Crippen LogP contribution in [0.5, 0.6) is 11.5 Å². The van der Waals surface area contributed by atoms with Crippen molar-refractivity contribution in [2.45, 2.75) is 50.3 Å². The van der Waals surface area contributed by atoms with Gasteiger partial charge in [0.05, 0.1) is 19.4 Å². The first-order valence-corrected chi connectivity index (χ1v) is 9.07. The molecule has 5 nitrogen and oxygen atoms in total. The Hall–Kier alpha value is -2.43. The average molecular weight is 338 g/mol. The highest BCUT2D eigenvalue weighted by Crippen LogP contribution is 2.53. The molecule has 1 aromatic heterocycles. The number of hydrazone groups is 1. The van der Waals surface area contributed by atoms with Gasteiger partial charge in [0.1, 0.15) is 11.5 Å². The third-order valence-electron chi connectivity index (χ3n) is 5.65. The van der Waals surface area contributed by atoms with Crippen LogP contribution >= 0.6 is 0 Å². The van der Waals surface area contributed by atoms with Gasteiger partial charge < -0.3 is 13.9 Å². The molecule has 0 amide bonds. The Morgan fingerprint density at radius 3 is 2.80 bits per heavy atom. The summed E-state index contributed by atoms with van der Waals surface area (Å²) in [6.45, 7) is 0. The maximum Gasteiger partial charge on any atom is 0.198 e. The van der Waals surface area contributed by atoms with Crippen molar-refractivity contribution in [3.05, 3.63) is 47.9 Å². The van der Waals surface area contributed by atoms with Crippen LogP contribution < -0.4 is 9.47 Å². The molecule has 1 fully saturated rings. The first-order chi connectivity index (χ1) is 12.3. The molecular formula is C20H22N2O3. The van der Waals surface area contributed by atoms with Crippen molar-refractivity contribution in [2.24, 2.45) is 5.10 Å². The highest BCUT2D eigenvalue weighted by molar-refractivity contribution is 5.99. The molecule has 2 aromatic rings. The zero-order valence-electron chi connectivity index (χ0n) is 14.4. The fourth-order valence-corrected chi connectivity index (χ4v) is 4.46. The van der Waals surface area contributed by atoms with Crippen LogP contribution in [0.1, 0.15) is 55.9 Å². The number of methoxy groups -OCH3 is 1. The molecule has 3 heterocycles. The maximum atomic E-state index is 6.63. The van der Waals surface area contributed by atoms with Gasteiger partial charge in [-0.3, -0.25) is 0 Å². The lowest BCUT2D eigenvalue weighted by molar-refractivity contribution is -0.141. The smallest absolute Gasteiger partial charge is 0.198 e. The molecule has 1 atom stereocenters. The lowest BCUT2D eigenvalue weighted by atomic mass is 9.86. The number of furan rings is 1. The van der Waals surface area contributed by atoms with E-state index in [1.165, 1.54) is 19.3 Å². The number of nitrogens with zero attached hydrogens (tertiary/aromatic N) is 2. The van der Waals surface area contributed by atoms with Gasteiger partial charge in [-0.2, -0.15) is 5.10 Å². The summed E-state index contributed by atoms with van der Waals surface area (Å²) in [7, 11) is 1.71. The molecule has 0 bridgehead atoms. The number of hydrogen-bond donors (Lipinski definition) is 0. The molecule has 1 saturated carbocycles. The van der Waals surface area contributed by atoms with E-state index in [2.05, 4.69) is 11.1 Å². The Labute approximate surface area is 147 Å². The second-order valence-corrected chi connectivity index (χ2v) is 7.08. The summed E-state index contributed by atoms with van der Waals surface area (Å²) in [6, 6.07) is 10.2. The molecule has 3 aliphatic rings. The first kappa shape index (κ1) is 14.9. The molecule has 25 heavy (non-hydrogen) atoms. The van der Waals surface area contributed by atoms with Crippen molar-refractivity contribution >= 4 is 5.71 Å². The molecule has 1 unspecified atom stereocenters. The predicted octanol–water partition coefficient (Wildman–Crippen LogP) is 4.49. The minimum Gasteiger partial charge on any atom is -0.493 e. The largest absolute Gasteiger partial charge is 0.493 e. The fraction of sp³-hybridized carbons (Fsp3) is 0.450. The topological polar surface area (TPSA) is 47.2 Å². The van der Waals surface area contributed by atoms with Gasteiger partial charge in [-0.1, -0.05) is 18.6 Å². The predicted molar refractivity (Wildman–Crippen MR) is 93.9 cm³/mol. The number of para-hydroxylation sites is 1. The van der Waals surface area contributed by atoms with Crippen LogP contribution in [0.4, 0.5) is 0 Å². The summed E-state index contributed by atoms with van der Waals surface area (Å²) in [5, 5.41) is 7.19. The van der Waals surface area contributed by atoms with Gasteiger partial charge in [-0.25, -0.2) is 5.01 Å². The Bertz CT molecular complexity index is 806. The second-order valence-electron chi connectivity index (χ2n) is 7.08. The van der Waals surface area contributed by atoms with E-state index in [0.717, 1.165) is 47.8 Å². The summed E-state index contributed by atoms with van der Waals surface area (Å²) in [6.07, 6.45) is 8.12. The molecule has 1 aromatic carbocycles. The van der Waals surface area contributed by atoms with Crippen LogP contribution in [0.15, 0.2) is 46.1 Å². The molecule has 130 valence electrons. The lowest BCUT2D eigenvalue weighted by Gasteiger charge is -2.49. The zero-order valence-corrected chi connectivity index (χ0v) is 14.4. The highest BCUT2D eigenvalue weighted by atomic mass is 16.5. The minimum absolute atomic E-state index is 0.178. The van der Waals surface area contributed by atoms with Gasteiger partial charge in [-0.15, -0.1) is 0 Å². The van der Waals surface area contributed by atoms with Gasteiger partial charge in [0.25, 0.3) is 0 Å². The molecule has 2 aliphatic heterocycles. The summed E-state index contributed by atoms with van der Waals surface area (Å²) < 4.78 is 17.8. The van der Waals surface area contributed by atoms with Gasteiger partial charge in [0.15, 0.2) is 17.2 Å². The number of hydrogen-bond acceptors (Lipinski definition) is 5. The minimum atomic E-state index is -0.362. The van der Waals surface area contributed by atoms with E-state index in [0.29, 0.717) is 0 Å². The van der Waals surface area contributed by atoms with Gasteiger partial charge >= 0.3 is 0 Å². The number of benzene rings is 1. The second kappa shape index (κ2) is 5.55. The average Bonchev–Trinajstić information content (AvgIpc) is 3.32. The zero-order chi connectivity index (χ0) is 16.9. The van der Waals surface area contributed by atoms with Crippen molar-refractivity contribution in [1.29, 1.82) is 0 Å². The summed E-state index contributed by atoms with van der Waals surface area (Å²) in [4.78, 5) is 0. The van der Waals surface area contributed by atoms with Crippen molar-refractivity contribution < 1.29 is 13.9 Å². The summed E-state index contributed by atoms with van der Waals surface area (Å²) in [5.41, 5.74) is 1.79. The highest BCUT2D eigenvalue weighted by Gasteiger charge is 2.51. The fourth-order valence-electron chi connectivity index (χ4n) is 4.46. The van der Waals surface area contributed by atoms with E-state index >= 15 is 0 Å². The molecule has 0 radical (unpaired) electrons. The maximum absolute atomic E-state index is 6.63. The third-order valence-corrected chi connectivity index (χ3v) is 5.65. The summed E-state index contributed by atoms with van der Waals surface area (Å²) in [5.74, 6) is 2.56. The SMILES string of the molecule is COc1cccc2c1OC1(CCCCC1)N1N=C(c3ccco3)CC21. The Kier molecular flexibility index (Phi) is 3.30. The van der Waals surface area contributed by atoms with Gasteiger partial charge in [0, 0.05) is 24.8 Å². The molecule has 1 aliphatic carbocycles. The van der Waals surface area contributed by atoms with Crippen LogP contribution in [0.3, 0.4) is 0 Å². The number of ether oxygens (including phenoxy) is 2. The van der Waals surface area contributed by atoms with E-state index in [9.17, 15) is 0 Å². The lowest BCUT2D eigenvalue weighted by Crippen LogP contribution is -2.54. The monoisotopic (exact) mass is 338 g/mol. The molecule has 1 spiro atoms. The molecule has 0 saturated heterocycles. The van der Waals surface area contributed by atoms with Gasteiger partial charge in [-0.05, 0) is 31.0 Å². The van der Waals surface area contributed by atoms with E-state index in [1.54, 1.807) is 13.4 Å². The summed E-state index contributed by atoms with van der Waals surface area (Å²) >= 11 is 0. The van der Waals surface area contributed by atoms with Crippen LogP contribution in [0.25, 0.3) is 0 Å². The first-order valence-electron chi connectivity index (χ1n) is 9.07. The number of rotatable bonds is 2. The van der Waals surface area contributed by atoms with Crippen LogP contribution in [-0.2, 0) is 0 Å². The van der Waals surface area contributed by atoms with E-state index < -0.39 is 0 Å². The Morgan fingerprint density at radius 1 is 1.16 bits per heavy atom. The van der Waals surface area contributed by atoms with Crippen molar-refractivity contribution in [2.75, 3.05) is 7.11 Å². The van der Waals surface area contributed by atoms with E-state index in [1.807, 2.05) is 24.3 Å². The quantitative estimate of drug-likeness (QED) is 0.809. The Balaban J connectivity index is 1.63. The van der Waals surface area contributed by atoms with Crippen LogP contribution in [-0.4, -0.2) is 23.6 Å². The van der Waals surface area contributed by atoms with E-state index in [-0.39, 0.29) is 11.8 Å². The standard InChI is InChI=1S/C20H22N2O3/c1-23-18-8-5-7-14-16-13-15(17-9-6-12-24-17)21-22(16)20(25-19(14)18)10-3-2-4-11-20/h5-9,12,16H,2-4,10-11,13H2,1H3. The van der Waals surface area contributed by atoms with Crippen LogP contribution in [0, 0.1) is 0 Å². The van der Waals surface area contributed by atoms with Crippen LogP contribution in [0.2, 0.25) is 0 Å². The number of fused-ring (bicyclic) bond motifs is 4. The molecular weight excluding hydrogens is 316 g/mol. The third kappa shape index (κ3) is 2.18. The van der Waals surface area contributed by atoms with Crippen molar-refractivity contribution in [1.82, 2.24) is 5.01 Å². The van der Waals surface area contributed by atoms with E-state index in [4.69, 9.17) is 19.0 Å². The molecule has 0 N–H and O–H groups in total. The van der Waals surface area contributed by atoms with Crippen molar-refractivity contribution in [3.63, 3.8) is 0 Å². The molecule has 5 rings (SSSR count).